The van der Waals surface area contributed by atoms with Gasteiger partial charge in [0.05, 0.1) is 12.2 Å². The zero-order chi connectivity index (χ0) is 21.1. The minimum atomic E-state index is -0.928. The lowest BCUT2D eigenvalue weighted by molar-refractivity contribution is -0.117. The van der Waals surface area contributed by atoms with Crippen molar-refractivity contribution in [3.05, 3.63) is 64.5 Å². The number of aromatic nitrogens is 1. The van der Waals surface area contributed by atoms with Crippen LogP contribution in [0.1, 0.15) is 0 Å². The molecule has 1 fully saturated rings. The van der Waals surface area contributed by atoms with Gasteiger partial charge in [0.2, 0.25) is 5.91 Å². The molecule has 30 heavy (non-hydrogen) atoms. The third kappa shape index (κ3) is 4.95. The van der Waals surface area contributed by atoms with Crippen molar-refractivity contribution in [1.82, 2.24) is 9.88 Å². The van der Waals surface area contributed by atoms with Crippen LogP contribution in [0.25, 0.3) is 11.3 Å². The molecule has 1 amide bonds. The number of nitrogens with one attached hydrogen (secondary N) is 1. The normalized spacial score (nSPS) is 14.7. The maximum Gasteiger partial charge on any atom is 0.240 e. The van der Waals surface area contributed by atoms with E-state index in [1.54, 1.807) is 5.38 Å². The van der Waals surface area contributed by atoms with Gasteiger partial charge < -0.3 is 10.2 Å². The van der Waals surface area contributed by atoms with E-state index in [0.29, 0.717) is 21.4 Å². The van der Waals surface area contributed by atoms with Gasteiger partial charge in [0.1, 0.15) is 0 Å². The summed E-state index contributed by atoms with van der Waals surface area (Å²) in [5.41, 5.74) is 2.03. The molecular formula is C21H19ClF2N4OS. The topological polar surface area (TPSA) is 48.5 Å². The maximum atomic E-state index is 13.4. The molecule has 2 aromatic carbocycles. The average Bonchev–Trinajstić information content (AvgIpc) is 3.19. The predicted molar refractivity (Wildman–Crippen MR) is 116 cm³/mol. The predicted octanol–water partition coefficient (Wildman–Crippen LogP) is 4.50. The fraction of sp³-hybridized carbons (Fsp3) is 0.238. The van der Waals surface area contributed by atoms with Gasteiger partial charge >= 0.3 is 0 Å². The summed E-state index contributed by atoms with van der Waals surface area (Å²) in [5, 5.41) is 5.62. The molecule has 2 heterocycles. The first-order valence-corrected chi connectivity index (χ1v) is 10.7. The number of carbonyl (C=O) groups excluding carboxylic acids is 1. The molecule has 0 saturated carbocycles. The molecule has 1 aliphatic heterocycles. The maximum absolute atomic E-state index is 13.4. The van der Waals surface area contributed by atoms with Gasteiger partial charge in [-0.25, -0.2) is 13.8 Å². The Labute approximate surface area is 181 Å². The second-order valence-electron chi connectivity index (χ2n) is 6.96. The Hall–Kier alpha value is -2.55. The van der Waals surface area contributed by atoms with Gasteiger partial charge in [0.25, 0.3) is 0 Å². The molecule has 4 rings (SSSR count). The summed E-state index contributed by atoms with van der Waals surface area (Å²) < 4.78 is 26.5. The quantitative estimate of drug-likeness (QED) is 0.624. The van der Waals surface area contributed by atoms with Crippen LogP contribution < -0.4 is 10.2 Å². The van der Waals surface area contributed by atoms with Crippen LogP contribution in [0.5, 0.6) is 0 Å². The lowest BCUT2D eigenvalue weighted by atomic mass is 10.2. The zero-order valence-electron chi connectivity index (χ0n) is 15.9. The van der Waals surface area contributed by atoms with E-state index in [1.165, 1.54) is 17.4 Å². The van der Waals surface area contributed by atoms with E-state index < -0.39 is 11.6 Å². The van der Waals surface area contributed by atoms with E-state index in [-0.39, 0.29) is 12.5 Å². The molecule has 0 unspecified atom stereocenters. The first kappa shape index (κ1) is 20.7. The Balaban J connectivity index is 1.29. The fourth-order valence-electron chi connectivity index (χ4n) is 3.32. The van der Waals surface area contributed by atoms with Crippen molar-refractivity contribution in [1.29, 1.82) is 0 Å². The number of thiazole rings is 1. The summed E-state index contributed by atoms with van der Waals surface area (Å²) >= 11 is 7.31. The van der Waals surface area contributed by atoms with Crippen molar-refractivity contribution in [3.8, 4) is 11.3 Å². The highest BCUT2D eigenvalue weighted by Crippen LogP contribution is 2.26. The smallest absolute Gasteiger partial charge is 0.240 e. The first-order chi connectivity index (χ1) is 14.5. The Morgan fingerprint density at radius 1 is 1.10 bits per heavy atom. The SMILES string of the molecule is O=C(CN1CCN(c2cccc(Cl)c2)CC1)Nc1nc(-c2ccc(F)c(F)c2)cs1. The number of benzene rings is 2. The third-order valence-corrected chi connectivity index (χ3v) is 5.87. The Morgan fingerprint density at radius 2 is 1.90 bits per heavy atom. The molecule has 5 nitrogen and oxygen atoms in total. The minimum absolute atomic E-state index is 0.155. The van der Waals surface area contributed by atoms with Crippen LogP contribution in [0, 0.1) is 11.6 Å². The van der Waals surface area contributed by atoms with E-state index in [1.807, 2.05) is 24.3 Å². The molecule has 0 spiro atoms. The third-order valence-electron chi connectivity index (χ3n) is 4.88. The second kappa shape index (κ2) is 9.07. The number of hydrogen-bond donors (Lipinski definition) is 1. The summed E-state index contributed by atoms with van der Waals surface area (Å²) in [6.45, 7) is 3.41. The van der Waals surface area contributed by atoms with Crippen LogP contribution in [0.3, 0.4) is 0 Å². The number of piperazine rings is 1. The number of rotatable bonds is 5. The molecule has 3 aromatic rings. The molecule has 0 aliphatic carbocycles. The molecule has 0 atom stereocenters. The first-order valence-electron chi connectivity index (χ1n) is 9.41. The van der Waals surface area contributed by atoms with Gasteiger partial charge in [-0.05, 0) is 36.4 Å². The highest BCUT2D eigenvalue weighted by molar-refractivity contribution is 7.14. The number of amides is 1. The Kier molecular flexibility index (Phi) is 6.26. The monoisotopic (exact) mass is 448 g/mol. The molecule has 156 valence electrons. The molecule has 0 radical (unpaired) electrons. The summed E-state index contributed by atoms with van der Waals surface area (Å²) in [7, 11) is 0. The standard InChI is InChI=1S/C21H19ClF2N4OS/c22-15-2-1-3-16(11-15)28-8-6-27(7-9-28)12-20(29)26-21-25-19(13-30-21)14-4-5-17(23)18(24)10-14/h1-5,10-11,13H,6-9,12H2,(H,25,26,29). The van der Waals surface area contributed by atoms with Crippen molar-refractivity contribution in [2.45, 2.75) is 0 Å². The van der Waals surface area contributed by atoms with Gasteiger partial charge in [0, 0.05) is 47.8 Å². The Morgan fingerprint density at radius 3 is 2.63 bits per heavy atom. The van der Waals surface area contributed by atoms with Crippen LogP contribution in [0.4, 0.5) is 19.6 Å². The summed E-state index contributed by atoms with van der Waals surface area (Å²) in [6, 6.07) is 11.4. The van der Waals surface area contributed by atoms with Gasteiger partial charge in [-0.15, -0.1) is 11.3 Å². The summed E-state index contributed by atoms with van der Waals surface area (Å²) in [5.74, 6) is -1.99. The number of nitrogens with zero attached hydrogens (tertiary/aromatic N) is 3. The van der Waals surface area contributed by atoms with Gasteiger partial charge in [0.15, 0.2) is 16.8 Å². The zero-order valence-corrected chi connectivity index (χ0v) is 17.5. The largest absolute Gasteiger partial charge is 0.369 e. The molecule has 1 aliphatic rings. The number of carbonyl (C=O) groups is 1. The highest BCUT2D eigenvalue weighted by atomic mass is 35.5. The lowest BCUT2D eigenvalue weighted by Crippen LogP contribution is -2.48. The van der Waals surface area contributed by atoms with Crippen LogP contribution in [0.15, 0.2) is 47.8 Å². The molecule has 1 N–H and O–H groups in total. The van der Waals surface area contributed by atoms with Gasteiger partial charge in [-0.1, -0.05) is 17.7 Å². The van der Waals surface area contributed by atoms with Crippen LogP contribution >= 0.6 is 22.9 Å². The number of anilines is 2. The van der Waals surface area contributed by atoms with E-state index in [2.05, 4.69) is 20.1 Å². The number of halogens is 3. The van der Waals surface area contributed by atoms with Gasteiger partial charge in [-0.2, -0.15) is 0 Å². The summed E-state index contributed by atoms with van der Waals surface area (Å²) in [6.07, 6.45) is 0. The second-order valence-corrected chi connectivity index (χ2v) is 8.25. The molecule has 0 bridgehead atoms. The highest BCUT2D eigenvalue weighted by Gasteiger charge is 2.20. The van der Waals surface area contributed by atoms with Crippen molar-refractivity contribution in [2.24, 2.45) is 0 Å². The molecular weight excluding hydrogens is 430 g/mol. The minimum Gasteiger partial charge on any atom is -0.369 e. The van der Waals surface area contributed by atoms with E-state index in [9.17, 15) is 13.6 Å². The van der Waals surface area contributed by atoms with Crippen molar-refractivity contribution in [2.75, 3.05) is 42.9 Å². The molecule has 1 saturated heterocycles. The molecule has 1 aromatic heterocycles. The summed E-state index contributed by atoms with van der Waals surface area (Å²) in [4.78, 5) is 21.0. The van der Waals surface area contributed by atoms with Crippen LogP contribution in [-0.4, -0.2) is 48.5 Å². The lowest BCUT2D eigenvalue weighted by Gasteiger charge is -2.35. The van der Waals surface area contributed by atoms with E-state index >= 15 is 0 Å². The van der Waals surface area contributed by atoms with Crippen molar-refractivity contribution < 1.29 is 13.6 Å². The van der Waals surface area contributed by atoms with E-state index in [4.69, 9.17) is 11.6 Å². The van der Waals surface area contributed by atoms with Gasteiger partial charge in [-0.3, -0.25) is 9.69 Å². The van der Waals surface area contributed by atoms with Crippen molar-refractivity contribution >= 4 is 39.7 Å². The fourth-order valence-corrected chi connectivity index (χ4v) is 4.24. The van der Waals surface area contributed by atoms with Crippen LogP contribution in [0.2, 0.25) is 5.02 Å². The Bertz CT molecular complexity index is 1050. The van der Waals surface area contributed by atoms with Crippen molar-refractivity contribution in [3.63, 3.8) is 0 Å². The molecule has 9 heteroatoms. The van der Waals surface area contributed by atoms with E-state index in [0.717, 1.165) is 44.0 Å². The average molecular weight is 449 g/mol. The number of hydrogen-bond acceptors (Lipinski definition) is 5. The van der Waals surface area contributed by atoms with Crippen LogP contribution in [-0.2, 0) is 4.79 Å².